The Labute approximate surface area is 110 Å². The van der Waals surface area contributed by atoms with Crippen LogP contribution < -0.4 is 4.74 Å². The second-order valence-electron chi connectivity index (χ2n) is 4.38. The zero-order valence-electron chi connectivity index (χ0n) is 11.0. The van der Waals surface area contributed by atoms with Crippen LogP contribution in [0.1, 0.15) is 43.5 Å². The summed E-state index contributed by atoms with van der Waals surface area (Å²) in [6.45, 7) is 4.03. The number of carbonyl (C=O) groups excluding carboxylic acids is 1. The molecule has 0 heterocycles. The van der Waals surface area contributed by atoms with Crippen LogP contribution in [0.25, 0.3) is 0 Å². The minimum Gasteiger partial charge on any atom is -0.406 e. The molecule has 1 aromatic rings. The third kappa shape index (κ3) is 5.32. The quantitative estimate of drug-likeness (QED) is 0.709. The first-order valence-corrected chi connectivity index (χ1v) is 6.24. The summed E-state index contributed by atoms with van der Waals surface area (Å²) in [5, 5.41) is 0. The molecule has 2 nitrogen and oxygen atoms in total. The third-order valence-corrected chi connectivity index (χ3v) is 3.04. The van der Waals surface area contributed by atoms with E-state index in [1.807, 2.05) is 13.8 Å². The number of carbonyl (C=O) groups is 1. The number of Topliss-reactive ketones (excluding diaryl/α,β-unsaturated/α-hetero) is 1. The molecule has 0 aromatic heterocycles. The Morgan fingerprint density at radius 3 is 2.11 bits per heavy atom. The molecule has 0 atom stereocenters. The summed E-state index contributed by atoms with van der Waals surface area (Å²) in [6, 6.07) is 5.05. The highest BCUT2D eigenvalue weighted by Crippen LogP contribution is 2.24. The highest BCUT2D eigenvalue weighted by atomic mass is 19.4. The van der Waals surface area contributed by atoms with E-state index in [9.17, 15) is 18.0 Å². The molecule has 106 valence electrons. The maximum Gasteiger partial charge on any atom is 0.573 e. The average Bonchev–Trinajstić information content (AvgIpc) is 2.34. The number of alkyl halides is 3. The molecule has 0 aliphatic carbocycles. The van der Waals surface area contributed by atoms with E-state index in [2.05, 4.69) is 4.74 Å². The summed E-state index contributed by atoms with van der Waals surface area (Å²) < 4.78 is 39.7. The Kier molecular flexibility index (Phi) is 5.39. The van der Waals surface area contributed by atoms with E-state index >= 15 is 0 Å². The highest BCUT2D eigenvalue weighted by Gasteiger charge is 2.31. The number of ketones is 1. The van der Waals surface area contributed by atoms with E-state index in [4.69, 9.17) is 0 Å². The molecular weight excluding hydrogens is 257 g/mol. The van der Waals surface area contributed by atoms with Gasteiger partial charge in [0, 0.05) is 12.0 Å². The van der Waals surface area contributed by atoms with Gasteiger partial charge in [0.15, 0.2) is 5.78 Å². The molecule has 5 heteroatoms. The monoisotopic (exact) mass is 274 g/mol. The van der Waals surface area contributed by atoms with Crippen molar-refractivity contribution in [1.29, 1.82) is 0 Å². The van der Waals surface area contributed by atoms with Crippen molar-refractivity contribution >= 4 is 5.78 Å². The van der Waals surface area contributed by atoms with Gasteiger partial charge in [0.05, 0.1) is 0 Å². The normalized spacial score (nSPS) is 11.7. The van der Waals surface area contributed by atoms with Crippen molar-refractivity contribution in [3.63, 3.8) is 0 Å². The summed E-state index contributed by atoms with van der Waals surface area (Å²) in [4.78, 5) is 11.9. The minimum absolute atomic E-state index is 0.0488. The van der Waals surface area contributed by atoms with Crippen molar-refractivity contribution < 1.29 is 22.7 Å². The Morgan fingerprint density at radius 1 is 1.16 bits per heavy atom. The van der Waals surface area contributed by atoms with Gasteiger partial charge in [-0.05, 0) is 30.2 Å². The predicted octanol–water partition coefficient (Wildman–Crippen LogP) is 4.59. The lowest BCUT2D eigenvalue weighted by Crippen LogP contribution is -2.17. The number of benzene rings is 1. The topological polar surface area (TPSA) is 26.3 Å². The zero-order chi connectivity index (χ0) is 14.5. The van der Waals surface area contributed by atoms with Crippen molar-refractivity contribution in [2.24, 2.45) is 5.92 Å². The maximum atomic E-state index is 12.0. The number of halogens is 3. The third-order valence-electron chi connectivity index (χ3n) is 3.04. The van der Waals surface area contributed by atoms with Gasteiger partial charge in [0.2, 0.25) is 0 Å². The van der Waals surface area contributed by atoms with Crippen LogP contribution in [0, 0.1) is 5.92 Å². The molecule has 1 aromatic carbocycles. The van der Waals surface area contributed by atoms with E-state index in [0.717, 1.165) is 25.0 Å². The number of ether oxygens (including phenoxy) is 1. The number of hydrogen-bond acceptors (Lipinski definition) is 2. The van der Waals surface area contributed by atoms with Crippen molar-refractivity contribution in [1.82, 2.24) is 0 Å². The molecule has 0 aliphatic rings. The van der Waals surface area contributed by atoms with Crippen LogP contribution >= 0.6 is 0 Å². The molecule has 0 N–H and O–H groups in total. The number of rotatable bonds is 6. The van der Waals surface area contributed by atoms with Crippen LogP contribution in [0.4, 0.5) is 13.2 Å². The van der Waals surface area contributed by atoms with Gasteiger partial charge in [0.25, 0.3) is 0 Å². The van der Waals surface area contributed by atoms with Gasteiger partial charge in [0.1, 0.15) is 5.75 Å². The molecular formula is C14H17F3O2. The Bertz CT molecular complexity index is 406. The molecule has 0 amide bonds. The molecule has 0 spiro atoms. The maximum absolute atomic E-state index is 12.0. The van der Waals surface area contributed by atoms with Crippen molar-refractivity contribution in [3.05, 3.63) is 29.8 Å². The average molecular weight is 274 g/mol. The van der Waals surface area contributed by atoms with E-state index in [1.165, 1.54) is 12.1 Å². The lowest BCUT2D eigenvalue weighted by molar-refractivity contribution is -0.274. The van der Waals surface area contributed by atoms with Crippen molar-refractivity contribution in [3.8, 4) is 5.75 Å². The molecule has 0 fully saturated rings. The van der Waals surface area contributed by atoms with E-state index in [-0.39, 0.29) is 11.5 Å². The van der Waals surface area contributed by atoms with Gasteiger partial charge >= 0.3 is 6.36 Å². The second kappa shape index (κ2) is 6.59. The first-order valence-electron chi connectivity index (χ1n) is 6.24. The lowest BCUT2D eigenvalue weighted by atomic mass is 9.94. The highest BCUT2D eigenvalue weighted by molar-refractivity contribution is 5.96. The SMILES string of the molecule is CCC(CC)CC(=O)c1ccc(OC(F)(F)F)cc1. The standard InChI is InChI=1S/C14H17F3O2/c1-3-10(4-2)9-13(18)11-5-7-12(8-6-11)19-14(15,16)17/h5-8,10H,3-4,9H2,1-2H3. The summed E-state index contributed by atoms with van der Waals surface area (Å²) in [6.07, 6.45) is -2.46. The van der Waals surface area contributed by atoms with Crippen molar-refractivity contribution in [2.75, 3.05) is 0 Å². The van der Waals surface area contributed by atoms with Crippen LogP contribution in [0.15, 0.2) is 24.3 Å². The first-order chi connectivity index (χ1) is 8.85. The van der Waals surface area contributed by atoms with Gasteiger partial charge < -0.3 is 4.74 Å². The van der Waals surface area contributed by atoms with Gasteiger partial charge in [-0.2, -0.15) is 0 Å². The first kappa shape index (κ1) is 15.5. The molecule has 0 radical (unpaired) electrons. The summed E-state index contributed by atoms with van der Waals surface area (Å²) in [5.74, 6) is -0.0440. The van der Waals surface area contributed by atoms with Crippen LogP contribution in [0.5, 0.6) is 5.75 Å². The fourth-order valence-electron chi connectivity index (χ4n) is 1.80. The van der Waals surface area contributed by atoms with Crippen LogP contribution in [-0.4, -0.2) is 12.1 Å². The fourth-order valence-corrected chi connectivity index (χ4v) is 1.80. The lowest BCUT2D eigenvalue weighted by Gasteiger charge is -2.12. The minimum atomic E-state index is -4.71. The fraction of sp³-hybridized carbons (Fsp3) is 0.500. The number of hydrogen-bond donors (Lipinski definition) is 0. The molecule has 0 bridgehead atoms. The Balaban J connectivity index is 2.68. The Hall–Kier alpha value is -1.52. The predicted molar refractivity (Wildman–Crippen MR) is 66.1 cm³/mol. The smallest absolute Gasteiger partial charge is 0.406 e. The molecule has 19 heavy (non-hydrogen) atoms. The molecule has 0 aliphatic heterocycles. The molecule has 0 saturated heterocycles. The van der Waals surface area contributed by atoms with Gasteiger partial charge in [-0.3, -0.25) is 4.79 Å². The Morgan fingerprint density at radius 2 is 1.68 bits per heavy atom. The van der Waals surface area contributed by atoms with Crippen LogP contribution in [0.2, 0.25) is 0 Å². The van der Waals surface area contributed by atoms with E-state index in [0.29, 0.717) is 17.9 Å². The van der Waals surface area contributed by atoms with E-state index < -0.39 is 6.36 Å². The van der Waals surface area contributed by atoms with Crippen LogP contribution in [0.3, 0.4) is 0 Å². The largest absolute Gasteiger partial charge is 0.573 e. The molecule has 0 unspecified atom stereocenters. The summed E-state index contributed by atoms with van der Waals surface area (Å²) in [5.41, 5.74) is 0.418. The summed E-state index contributed by atoms with van der Waals surface area (Å²) >= 11 is 0. The van der Waals surface area contributed by atoms with Gasteiger partial charge in [-0.15, -0.1) is 13.2 Å². The van der Waals surface area contributed by atoms with Gasteiger partial charge in [-0.25, -0.2) is 0 Å². The summed E-state index contributed by atoms with van der Waals surface area (Å²) in [7, 11) is 0. The molecule has 0 saturated carbocycles. The second-order valence-corrected chi connectivity index (χ2v) is 4.38. The van der Waals surface area contributed by atoms with Gasteiger partial charge in [-0.1, -0.05) is 26.7 Å². The molecule has 1 rings (SSSR count). The van der Waals surface area contributed by atoms with Crippen molar-refractivity contribution in [2.45, 2.75) is 39.5 Å². The van der Waals surface area contributed by atoms with Crippen LogP contribution in [-0.2, 0) is 0 Å². The van der Waals surface area contributed by atoms with E-state index in [1.54, 1.807) is 0 Å². The zero-order valence-corrected chi connectivity index (χ0v) is 11.0.